The number of rotatable bonds is 5. The Balaban J connectivity index is 2.35. The Bertz CT molecular complexity index is 656. The number of hydrogen-bond acceptors (Lipinski definition) is 3. The minimum atomic E-state index is -4.24. The van der Waals surface area contributed by atoms with Crippen LogP contribution in [-0.4, -0.2) is 18.0 Å². The summed E-state index contributed by atoms with van der Waals surface area (Å²) in [5.74, 6) is -0.159. The van der Waals surface area contributed by atoms with E-state index in [4.69, 9.17) is 27.6 Å². The van der Waals surface area contributed by atoms with Gasteiger partial charge in [-0.2, -0.15) is 8.78 Å². The number of aldehydes is 1. The zero-order valence-electron chi connectivity index (χ0n) is 10.2. The maximum atomic E-state index is 13.1. The van der Waals surface area contributed by atoms with E-state index in [-0.39, 0.29) is 16.5 Å². The SMILES string of the molecule is O=Cc1ccc(-c2ccc(Cl)c(OC(F)(F)C(F)Cl)c2)o1. The summed E-state index contributed by atoms with van der Waals surface area (Å²) in [6.45, 7) is 0. The minimum absolute atomic E-state index is 0.0670. The van der Waals surface area contributed by atoms with E-state index in [9.17, 15) is 18.0 Å². The predicted molar refractivity (Wildman–Crippen MR) is 70.9 cm³/mol. The molecule has 0 spiro atoms. The highest BCUT2D eigenvalue weighted by atomic mass is 35.5. The van der Waals surface area contributed by atoms with Crippen LogP contribution in [0.3, 0.4) is 0 Å². The van der Waals surface area contributed by atoms with Gasteiger partial charge in [-0.25, -0.2) is 4.39 Å². The summed E-state index contributed by atoms with van der Waals surface area (Å²) in [5.41, 5.74) is -2.70. The first-order chi connectivity index (χ1) is 9.83. The number of ether oxygens (including phenoxy) is 1. The van der Waals surface area contributed by atoms with Crippen molar-refractivity contribution in [3.8, 4) is 17.1 Å². The van der Waals surface area contributed by atoms with Crippen molar-refractivity contribution in [2.24, 2.45) is 0 Å². The summed E-state index contributed by atoms with van der Waals surface area (Å²) >= 11 is 10.4. The Hall–Kier alpha value is -1.66. The quantitative estimate of drug-likeness (QED) is 0.573. The summed E-state index contributed by atoms with van der Waals surface area (Å²) in [6, 6.07) is 6.74. The lowest BCUT2D eigenvalue weighted by molar-refractivity contribution is -0.198. The van der Waals surface area contributed by atoms with Crippen molar-refractivity contribution >= 4 is 29.5 Å². The molecule has 1 heterocycles. The second-order valence-electron chi connectivity index (χ2n) is 3.93. The Morgan fingerprint density at radius 2 is 2.00 bits per heavy atom. The van der Waals surface area contributed by atoms with Crippen molar-refractivity contribution in [2.45, 2.75) is 11.7 Å². The van der Waals surface area contributed by atoms with E-state index < -0.39 is 17.5 Å². The van der Waals surface area contributed by atoms with Gasteiger partial charge in [-0.05, 0) is 30.3 Å². The third-order valence-corrected chi connectivity index (χ3v) is 3.03. The first-order valence-electron chi connectivity index (χ1n) is 5.53. The zero-order valence-corrected chi connectivity index (χ0v) is 11.7. The van der Waals surface area contributed by atoms with E-state index in [0.29, 0.717) is 11.8 Å². The first kappa shape index (κ1) is 15.7. The molecule has 2 rings (SSSR count). The molecule has 21 heavy (non-hydrogen) atoms. The van der Waals surface area contributed by atoms with Gasteiger partial charge in [-0.15, -0.1) is 0 Å². The number of hydrogen-bond donors (Lipinski definition) is 0. The van der Waals surface area contributed by atoms with Gasteiger partial charge in [0.25, 0.3) is 5.63 Å². The average Bonchev–Trinajstić information content (AvgIpc) is 2.89. The van der Waals surface area contributed by atoms with E-state index >= 15 is 0 Å². The maximum Gasteiger partial charge on any atom is 0.444 e. The molecule has 0 N–H and O–H groups in total. The average molecular weight is 339 g/mol. The number of carbonyl (C=O) groups is 1. The van der Waals surface area contributed by atoms with Crippen LogP contribution < -0.4 is 4.74 Å². The van der Waals surface area contributed by atoms with E-state index in [1.807, 2.05) is 0 Å². The predicted octanol–water partition coefficient (Wildman–Crippen LogP) is 4.92. The molecule has 0 bridgehead atoms. The van der Waals surface area contributed by atoms with Gasteiger partial charge in [0.1, 0.15) is 11.5 Å². The van der Waals surface area contributed by atoms with Crippen molar-refractivity contribution in [1.29, 1.82) is 0 Å². The van der Waals surface area contributed by atoms with Crippen LogP contribution in [0, 0.1) is 0 Å². The van der Waals surface area contributed by atoms with Crippen molar-refractivity contribution in [3.05, 3.63) is 41.1 Å². The summed E-state index contributed by atoms with van der Waals surface area (Å²) in [7, 11) is 0. The minimum Gasteiger partial charge on any atom is -0.453 e. The van der Waals surface area contributed by atoms with Crippen LogP contribution in [0.4, 0.5) is 13.2 Å². The van der Waals surface area contributed by atoms with E-state index in [1.165, 1.54) is 24.3 Å². The highest BCUT2D eigenvalue weighted by molar-refractivity contribution is 6.32. The summed E-state index contributed by atoms with van der Waals surface area (Å²) in [4.78, 5) is 10.5. The fraction of sp³-hybridized carbons (Fsp3) is 0.154. The zero-order chi connectivity index (χ0) is 15.6. The summed E-state index contributed by atoms with van der Waals surface area (Å²) in [5, 5.41) is -0.155. The van der Waals surface area contributed by atoms with Gasteiger partial charge in [0.15, 0.2) is 12.0 Å². The summed E-state index contributed by atoms with van der Waals surface area (Å²) < 4.78 is 48.2. The fourth-order valence-electron chi connectivity index (χ4n) is 1.50. The molecule has 1 atom stereocenters. The van der Waals surface area contributed by atoms with Crippen LogP contribution in [0.15, 0.2) is 34.7 Å². The van der Waals surface area contributed by atoms with Gasteiger partial charge in [-0.3, -0.25) is 4.79 Å². The molecule has 2 aromatic rings. The number of furan rings is 1. The van der Waals surface area contributed by atoms with Gasteiger partial charge >= 0.3 is 6.11 Å². The van der Waals surface area contributed by atoms with Crippen LogP contribution in [0.25, 0.3) is 11.3 Å². The van der Waals surface area contributed by atoms with Gasteiger partial charge in [-0.1, -0.05) is 23.2 Å². The lowest BCUT2D eigenvalue weighted by Gasteiger charge is -2.18. The third kappa shape index (κ3) is 3.51. The molecule has 1 aromatic heterocycles. The molecular weight excluding hydrogens is 332 g/mol. The lowest BCUT2D eigenvalue weighted by Crippen LogP contribution is -2.32. The first-order valence-corrected chi connectivity index (χ1v) is 6.35. The smallest absolute Gasteiger partial charge is 0.444 e. The molecule has 0 aliphatic rings. The van der Waals surface area contributed by atoms with Crippen LogP contribution in [-0.2, 0) is 0 Å². The van der Waals surface area contributed by atoms with Crippen LogP contribution in [0.1, 0.15) is 10.6 Å². The molecule has 0 aliphatic carbocycles. The normalized spacial score (nSPS) is 13.0. The molecule has 0 saturated heterocycles. The van der Waals surface area contributed by atoms with Crippen LogP contribution in [0.5, 0.6) is 5.75 Å². The molecule has 0 fully saturated rings. The third-order valence-electron chi connectivity index (χ3n) is 2.46. The largest absolute Gasteiger partial charge is 0.453 e. The van der Waals surface area contributed by atoms with Crippen molar-refractivity contribution in [1.82, 2.24) is 0 Å². The number of alkyl halides is 4. The second-order valence-corrected chi connectivity index (χ2v) is 4.72. The van der Waals surface area contributed by atoms with Crippen LogP contribution >= 0.6 is 23.2 Å². The Labute approximate surface area is 127 Å². The van der Waals surface area contributed by atoms with E-state index in [0.717, 1.165) is 6.07 Å². The fourth-order valence-corrected chi connectivity index (χ4v) is 1.70. The van der Waals surface area contributed by atoms with Crippen molar-refractivity contribution < 1.29 is 27.1 Å². The second kappa shape index (κ2) is 5.99. The number of benzene rings is 1. The van der Waals surface area contributed by atoms with Gasteiger partial charge in [0, 0.05) is 5.56 Å². The molecule has 0 aliphatic heterocycles. The Morgan fingerprint density at radius 1 is 1.29 bits per heavy atom. The highest BCUT2D eigenvalue weighted by Crippen LogP contribution is 2.36. The molecule has 8 heteroatoms. The summed E-state index contributed by atoms with van der Waals surface area (Å²) in [6.07, 6.45) is -3.74. The lowest BCUT2D eigenvalue weighted by atomic mass is 10.1. The highest BCUT2D eigenvalue weighted by Gasteiger charge is 2.42. The molecule has 3 nitrogen and oxygen atoms in total. The van der Waals surface area contributed by atoms with Crippen molar-refractivity contribution in [2.75, 3.05) is 0 Å². The molecule has 0 saturated carbocycles. The molecule has 0 amide bonds. The number of carbonyl (C=O) groups excluding carboxylic acids is 1. The van der Waals surface area contributed by atoms with Gasteiger partial charge in [0.05, 0.1) is 5.02 Å². The van der Waals surface area contributed by atoms with Crippen LogP contribution in [0.2, 0.25) is 5.02 Å². The van der Waals surface area contributed by atoms with Crippen molar-refractivity contribution in [3.63, 3.8) is 0 Å². The Kier molecular flexibility index (Phi) is 4.49. The topological polar surface area (TPSA) is 39.4 Å². The maximum absolute atomic E-state index is 13.1. The van der Waals surface area contributed by atoms with Gasteiger partial charge < -0.3 is 9.15 Å². The van der Waals surface area contributed by atoms with E-state index in [1.54, 1.807) is 0 Å². The van der Waals surface area contributed by atoms with Gasteiger partial charge in [0.2, 0.25) is 0 Å². The standard InChI is InChI=1S/C13H7Cl2F3O3/c14-9-3-1-7(10-4-2-8(6-19)20-10)5-11(9)21-13(17,18)12(15)16/h1-6,12H. The number of halogens is 5. The molecule has 1 aromatic carbocycles. The molecule has 112 valence electrons. The van der Waals surface area contributed by atoms with E-state index in [2.05, 4.69) is 4.74 Å². The molecule has 0 radical (unpaired) electrons. The Morgan fingerprint density at radius 3 is 2.57 bits per heavy atom. The monoisotopic (exact) mass is 338 g/mol. The molecular formula is C13H7Cl2F3O3. The molecule has 1 unspecified atom stereocenters.